The van der Waals surface area contributed by atoms with E-state index in [4.69, 9.17) is 9.57 Å². The third kappa shape index (κ3) is 9.12. The first kappa shape index (κ1) is 33.1. The Morgan fingerprint density at radius 3 is 1.60 bits per heavy atom. The van der Waals surface area contributed by atoms with Gasteiger partial charge in [0.2, 0.25) is 5.91 Å². The summed E-state index contributed by atoms with van der Waals surface area (Å²) in [5, 5.41) is 40.7. The van der Waals surface area contributed by atoms with Crippen molar-refractivity contribution < 1.29 is 54.0 Å². The first-order valence-electron chi connectivity index (χ1n) is 15.8. The fourth-order valence-corrected chi connectivity index (χ4v) is 7.49. The number of carboxylic acid groups (broad SMARTS) is 4. The van der Waals surface area contributed by atoms with Gasteiger partial charge >= 0.3 is 23.9 Å². The Labute approximate surface area is 251 Å². The molecule has 0 radical (unpaired) electrons. The molecule has 0 heterocycles. The molecule has 6 N–H and O–H groups in total. The van der Waals surface area contributed by atoms with Crippen LogP contribution in [0.1, 0.15) is 89.9 Å². The van der Waals surface area contributed by atoms with Gasteiger partial charge in [-0.2, -0.15) is 5.48 Å². The summed E-state index contributed by atoms with van der Waals surface area (Å²) in [6.45, 7) is 0.162. The van der Waals surface area contributed by atoms with Gasteiger partial charge in [-0.3, -0.25) is 24.0 Å². The fourth-order valence-electron chi connectivity index (χ4n) is 7.49. The van der Waals surface area contributed by atoms with E-state index in [2.05, 4.69) is 10.8 Å². The number of aliphatic carboxylic acids is 4. The number of rotatable bonds is 12. The molecule has 0 saturated heterocycles. The summed E-state index contributed by atoms with van der Waals surface area (Å²) in [7, 11) is 0. The molecule has 6 atom stereocenters. The summed E-state index contributed by atoms with van der Waals surface area (Å²) in [5.41, 5.74) is 3.06. The van der Waals surface area contributed by atoms with Crippen molar-refractivity contribution >= 4 is 29.8 Å². The predicted molar refractivity (Wildman–Crippen MR) is 150 cm³/mol. The van der Waals surface area contributed by atoms with Gasteiger partial charge in [0, 0.05) is 12.1 Å². The van der Waals surface area contributed by atoms with E-state index in [0.29, 0.717) is 19.3 Å². The van der Waals surface area contributed by atoms with Crippen molar-refractivity contribution in [1.29, 1.82) is 0 Å². The predicted octanol–water partition coefficient (Wildman–Crippen LogP) is 2.67. The molecule has 0 aromatic heterocycles. The van der Waals surface area contributed by atoms with Crippen LogP contribution in [0.3, 0.4) is 0 Å². The smallest absolute Gasteiger partial charge is 0.307 e. The summed E-state index contributed by atoms with van der Waals surface area (Å²) in [6.07, 6.45) is 8.09. The Morgan fingerprint density at radius 2 is 1.07 bits per heavy atom. The second-order valence-electron chi connectivity index (χ2n) is 13.0. The van der Waals surface area contributed by atoms with Crippen LogP contribution in [0.4, 0.5) is 0 Å². The van der Waals surface area contributed by atoms with Crippen molar-refractivity contribution in [2.24, 2.45) is 35.5 Å². The molecule has 0 aliphatic heterocycles. The van der Waals surface area contributed by atoms with Crippen LogP contribution in [0, 0.1) is 35.5 Å². The summed E-state index contributed by atoms with van der Waals surface area (Å²) in [6, 6.07) is 0.0304. The van der Waals surface area contributed by atoms with Crippen LogP contribution < -0.4 is 10.8 Å². The Kier molecular flexibility index (Phi) is 11.8. The van der Waals surface area contributed by atoms with E-state index in [1.54, 1.807) is 0 Å². The van der Waals surface area contributed by atoms with E-state index in [1.807, 2.05) is 0 Å². The number of carbonyl (C=O) groups excluding carboxylic acids is 1. The molecule has 1 amide bonds. The lowest BCUT2D eigenvalue weighted by atomic mass is 9.73. The summed E-state index contributed by atoms with van der Waals surface area (Å²) >= 11 is 0. The molecule has 4 fully saturated rings. The van der Waals surface area contributed by atoms with Gasteiger partial charge in [-0.25, -0.2) is 0 Å². The molecule has 0 bridgehead atoms. The zero-order valence-corrected chi connectivity index (χ0v) is 24.5. The number of carbonyl (C=O) groups is 5. The fraction of sp³-hybridized carbons (Fsp3) is 0.833. The van der Waals surface area contributed by atoms with Crippen molar-refractivity contribution in [2.75, 3.05) is 6.61 Å². The maximum Gasteiger partial charge on any atom is 0.307 e. The van der Waals surface area contributed by atoms with E-state index in [0.717, 1.165) is 51.4 Å². The van der Waals surface area contributed by atoms with Crippen molar-refractivity contribution in [3.8, 4) is 0 Å². The molecule has 13 nitrogen and oxygen atoms in total. The lowest BCUT2D eigenvalue weighted by molar-refractivity contribution is -0.154. The van der Waals surface area contributed by atoms with E-state index in [9.17, 15) is 44.4 Å². The molecular weight excluding hydrogens is 564 g/mol. The number of ether oxygens (including phenoxy) is 1. The topological polar surface area (TPSA) is 209 Å². The number of nitrogens with one attached hydrogen (secondary N) is 2. The molecule has 13 heteroatoms. The Balaban J connectivity index is 1.13. The number of amides is 1. The standard InChI is InChI=1S/C30H46N2O11/c33-26(25-14-17(28(36)37)2-12-24(25)30(40)41)31-19-3-7-21(8-4-19)43-22-9-5-20(6-10-22)32-42-15-18-13-16(27(34)35)1-11-23(18)29(38)39/h16-25,32H,1-15H2,(H,31,33)(H,34,35)(H,36,37)(H,38,39)(H,40,41). The largest absolute Gasteiger partial charge is 0.481 e. The van der Waals surface area contributed by atoms with Gasteiger partial charge in [-0.15, -0.1) is 0 Å². The minimum Gasteiger partial charge on any atom is -0.481 e. The van der Waals surface area contributed by atoms with Crippen LogP contribution in [0.2, 0.25) is 0 Å². The van der Waals surface area contributed by atoms with Crippen molar-refractivity contribution in [3.63, 3.8) is 0 Å². The highest BCUT2D eigenvalue weighted by Crippen LogP contribution is 2.36. The van der Waals surface area contributed by atoms with E-state index >= 15 is 0 Å². The van der Waals surface area contributed by atoms with Crippen molar-refractivity contribution in [1.82, 2.24) is 10.8 Å². The summed E-state index contributed by atoms with van der Waals surface area (Å²) < 4.78 is 6.37. The maximum atomic E-state index is 13.0. The van der Waals surface area contributed by atoms with Gasteiger partial charge < -0.3 is 35.3 Å². The van der Waals surface area contributed by atoms with Gasteiger partial charge in [0.25, 0.3) is 0 Å². The molecule has 242 valence electrons. The van der Waals surface area contributed by atoms with E-state index in [1.165, 1.54) is 0 Å². The van der Waals surface area contributed by atoms with Crippen LogP contribution in [-0.4, -0.2) is 81.1 Å². The summed E-state index contributed by atoms with van der Waals surface area (Å²) in [5.74, 6) is -8.05. The number of hydroxylamine groups is 1. The average molecular weight is 611 g/mol. The van der Waals surface area contributed by atoms with Crippen LogP contribution >= 0.6 is 0 Å². The molecule has 4 aliphatic carbocycles. The second kappa shape index (κ2) is 15.3. The molecule has 0 aromatic rings. The SMILES string of the molecule is O=C(O)C1CCC(C(=O)O)C(CONC2CCC(OC3CCC(NC(=O)C4CC(C(=O)O)CCC4C(=O)O)CC3)CC2)C1. The zero-order chi connectivity index (χ0) is 31.1. The molecule has 4 rings (SSSR count). The van der Waals surface area contributed by atoms with Crippen LogP contribution in [-0.2, 0) is 33.5 Å². The molecule has 4 saturated carbocycles. The van der Waals surface area contributed by atoms with Gasteiger partial charge in [-0.05, 0) is 95.8 Å². The molecule has 0 aromatic carbocycles. The third-order valence-corrected chi connectivity index (χ3v) is 10.1. The molecule has 43 heavy (non-hydrogen) atoms. The third-order valence-electron chi connectivity index (χ3n) is 10.1. The highest BCUT2D eigenvalue weighted by Gasteiger charge is 2.42. The molecule has 4 aliphatic rings. The Bertz CT molecular complexity index is 1010. The Morgan fingerprint density at radius 1 is 0.558 bits per heavy atom. The molecular formula is C30H46N2O11. The second-order valence-corrected chi connectivity index (χ2v) is 13.0. The minimum absolute atomic E-state index is 0.0494. The van der Waals surface area contributed by atoms with Gasteiger partial charge in [0.05, 0.1) is 48.4 Å². The van der Waals surface area contributed by atoms with Crippen LogP contribution in [0.15, 0.2) is 0 Å². The highest BCUT2D eigenvalue weighted by molar-refractivity contribution is 5.86. The molecule has 6 unspecified atom stereocenters. The van der Waals surface area contributed by atoms with Crippen molar-refractivity contribution in [3.05, 3.63) is 0 Å². The number of hydrogen-bond donors (Lipinski definition) is 6. The van der Waals surface area contributed by atoms with E-state index in [-0.39, 0.29) is 62.0 Å². The quantitative estimate of drug-likeness (QED) is 0.176. The lowest BCUT2D eigenvalue weighted by Gasteiger charge is -2.36. The first-order valence-corrected chi connectivity index (χ1v) is 15.8. The van der Waals surface area contributed by atoms with Crippen LogP contribution in [0.5, 0.6) is 0 Å². The maximum absolute atomic E-state index is 13.0. The number of hydrogen-bond acceptors (Lipinski definition) is 8. The van der Waals surface area contributed by atoms with E-state index < -0.39 is 53.5 Å². The summed E-state index contributed by atoms with van der Waals surface area (Å²) in [4.78, 5) is 64.8. The highest BCUT2D eigenvalue weighted by atomic mass is 16.6. The van der Waals surface area contributed by atoms with Gasteiger partial charge in [0.1, 0.15) is 0 Å². The van der Waals surface area contributed by atoms with Gasteiger partial charge in [0.15, 0.2) is 0 Å². The average Bonchev–Trinajstić information content (AvgIpc) is 2.98. The Hall–Kier alpha value is -2.77. The van der Waals surface area contributed by atoms with Crippen LogP contribution in [0.25, 0.3) is 0 Å². The van der Waals surface area contributed by atoms with Gasteiger partial charge in [-0.1, -0.05) is 0 Å². The monoisotopic (exact) mass is 610 g/mol. The number of carboxylic acids is 4. The lowest BCUT2D eigenvalue weighted by Crippen LogP contribution is -2.47. The minimum atomic E-state index is -1.05. The van der Waals surface area contributed by atoms with Crippen molar-refractivity contribution in [2.45, 2.75) is 114 Å². The normalized spacial score (nSPS) is 36.7. The zero-order valence-electron chi connectivity index (χ0n) is 24.5. The first-order chi connectivity index (χ1) is 20.5. The molecule has 0 spiro atoms.